The minimum Gasteiger partial charge on any atom is -0.498 e. The van der Waals surface area contributed by atoms with Gasteiger partial charge in [0, 0.05) is 5.92 Å². The van der Waals surface area contributed by atoms with Gasteiger partial charge < -0.3 is 4.74 Å². The van der Waals surface area contributed by atoms with Crippen LogP contribution in [-0.4, -0.2) is 6.10 Å². The first kappa shape index (κ1) is 13.6. The summed E-state index contributed by atoms with van der Waals surface area (Å²) in [5.74, 6) is 1.36. The zero-order valence-corrected chi connectivity index (χ0v) is 11.8. The maximum atomic E-state index is 5.77. The van der Waals surface area contributed by atoms with Crippen LogP contribution in [0.15, 0.2) is 11.8 Å². The zero-order chi connectivity index (χ0) is 12.3. The quantitative estimate of drug-likeness (QED) is 0.653. The molecule has 0 N–H and O–H groups in total. The Bertz CT molecular complexity index is 252. The molecule has 0 aromatic heterocycles. The van der Waals surface area contributed by atoms with Crippen molar-refractivity contribution < 1.29 is 4.74 Å². The van der Waals surface area contributed by atoms with E-state index in [9.17, 15) is 0 Å². The highest BCUT2D eigenvalue weighted by atomic mass is 16.5. The Morgan fingerprint density at radius 3 is 2.50 bits per heavy atom. The molecule has 1 heteroatoms. The highest BCUT2D eigenvalue weighted by Gasteiger charge is 2.39. The lowest BCUT2D eigenvalue weighted by Crippen LogP contribution is -2.28. The van der Waals surface area contributed by atoms with Gasteiger partial charge >= 0.3 is 0 Å². The molecule has 1 aliphatic rings. The van der Waals surface area contributed by atoms with Crippen molar-refractivity contribution in [3.63, 3.8) is 0 Å². The summed E-state index contributed by atoms with van der Waals surface area (Å²) in [6.07, 6.45) is 6.16. The molecule has 0 fully saturated rings. The van der Waals surface area contributed by atoms with Crippen LogP contribution < -0.4 is 0 Å². The predicted molar refractivity (Wildman–Crippen MR) is 70.3 cm³/mol. The molecule has 94 valence electrons. The van der Waals surface area contributed by atoms with Gasteiger partial charge in [-0.25, -0.2) is 0 Å². The number of hydrogen-bond donors (Lipinski definition) is 0. The van der Waals surface area contributed by atoms with Gasteiger partial charge in [0.15, 0.2) is 0 Å². The van der Waals surface area contributed by atoms with Crippen LogP contribution in [0.4, 0.5) is 0 Å². The van der Waals surface area contributed by atoms with Gasteiger partial charge in [0.1, 0.15) is 6.10 Å². The second-order valence-electron chi connectivity index (χ2n) is 5.94. The number of rotatable bonds is 5. The standard InChI is InChI=1S/C15H28O/c1-7-9-11(3)14-12(4)16-10-13(14)15(5,6)8-2/h10-12,14H,7-9H2,1-6H3. The summed E-state index contributed by atoms with van der Waals surface area (Å²) in [5.41, 5.74) is 1.82. The van der Waals surface area contributed by atoms with Crippen LogP contribution in [0.1, 0.15) is 60.8 Å². The normalized spacial score (nSPS) is 27.5. The molecule has 1 heterocycles. The Hall–Kier alpha value is -0.460. The van der Waals surface area contributed by atoms with Crippen molar-refractivity contribution >= 4 is 0 Å². The van der Waals surface area contributed by atoms with Crippen LogP contribution in [0.25, 0.3) is 0 Å². The van der Waals surface area contributed by atoms with E-state index in [0.717, 1.165) is 5.92 Å². The molecule has 0 amide bonds. The second kappa shape index (κ2) is 5.25. The molecule has 0 aromatic rings. The van der Waals surface area contributed by atoms with Crippen LogP contribution >= 0.6 is 0 Å². The van der Waals surface area contributed by atoms with Gasteiger partial charge in [-0.1, -0.05) is 47.5 Å². The first-order valence-electron chi connectivity index (χ1n) is 6.80. The zero-order valence-electron chi connectivity index (χ0n) is 11.8. The maximum Gasteiger partial charge on any atom is 0.102 e. The van der Waals surface area contributed by atoms with Gasteiger partial charge in [-0.15, -0.1) is 0 Å². The largest absolute Gasteiger partial charge is 0.498 e. The molecule has 0 saturated heterocycles. The average Bonchev–Trinajstić information content (AvgIpc) is 2.61. The van der Waals surface area contributed by atoms with Crippen LogP contribution in [0.2, 0.25) is 0 Å². The fourth-order valence-corrected chi connectivity index (χ4v) is 2.82. The molecule has 3 atom stereocenters. The van der Waals surface area contributed by atoms with Gasteiger partial charge in [0.2, 0.25) is 0 Å². The van der Waals surface area contributed by atoms with Crippen molar-refractivity contribution in [2.24, 2.45) is 17.3 Å². The van der Waals surface area contributed by atoms with E-state index in [1.165, 1.54) is 24.8 Å². The molecule has 1 rings (SSSR count). The van der Waals surface area contributed by atoms with E-state index in [2.05, 4.69) is 41.5 Å². The van der Waals surface area contributed by atoms with E-state index in [1.807, 2.05) is 6.26 Å². The Labute approximate surface area is 101 Å². The molecule has 0 saturated carbocycles. The Morgan fingerprint density at radius 2 is 2.00 bits per heavy atom. The third-order valence-electron chi connectivity index (χ3n) is 4.30. The Balaban J connectivity index is 2.84. The smallest absolute Gasteiger partial charge is 0.102 e. The van der Waals surface area contributed by atoms with Gasteiger partial charge in [-0.3, -0.25) is 0 Å². The summed E-state index contributed by atoms with van der Waals surface area (Å²) in [7, 11) is 0. The molecule has 0 bridgehead atoms. The summed E-state index contributed by atoms with van der Waals surface area (Å²) in [4.78, 5) is 0. The van der Waals surface area contributed by atoms with Crippen molar-refractivity contribution in [3.05, 3.63) is 11.8 Å². The average molecular weight is 224 g/mol. The minimum absolute atomic E-state index is 0.289. The van der Waals surface area contributed by atoms with Gasteiger partial charge in [0.25, 0.3) is 0 Å². The van der Waals surface area contributed by atoms with E-state index in [-0.39, 0.29) is 5.41 Å². The Kier molecular flexibility index (Phi) is 4.46. The van der Waals surface area contributed by atoms with E-state index >= 15 is 0 Å². The van der Waals surface area contributed by atoms with Crippen LogP contribution in [0.3, 0.4) is 0 Å². The highest BCUT2D eigenvalue weighted by molar-refractivity contribution is 5.19. The molecule has 1 nitrogen and oxygen atoms in total. The molecule has 0 aromatic carbocycles. The van der Waals surface area contributed by atoms with E-state index in [0.29, 0.717) is 12.0 Å². The first-order chi connectivity index (χ1) is 7.44. The van der Waals surface area contributed by atoms with E-state index in [1.54, 1.807) is 0 Å². The van der Waals surface area contributed by atoms with Crippen molar-refractivity contribution in [2.45, 2.75) is 66.9 Å². The first-order valence-corrected chi connectivity index (χ1v) is 6.80. The summed E-state index contributed by atoms with van der Waals surface area (Å²) in [6, 6.07) is 0. The van der Waals surface area contributed by atoms with Crippen molar-refractivity contribution in [3.8, 4) is 0 Å². The minimum atomic E-state index is 0.289. The molecule has 0 radical (unpaired) electrons. The lowest BCUT2D eigenvalue weighted by molar-refractivity contribution is 0.120. The molecular weight excluding hydrogens is 196 g/mol. The maximum absolute atomic E-state index is 5.77. The third kappa shape index (κ3) is 2.61. The third-order valence-corrected chi connectivity index (χ3v) is 4.30. The number of ether oxygens (including phenoxy) is 1. The fourth-order valence-electron chi connectivity index (χ4n) is 2.82. The molecule has 3 unspecified atom stereocenters. The highest BCUT2D eigenvalue weighted by Crippen LogP contribution is 2.44. The van der Waals surface area contributed by atoms with Crippen molar-refractivity contribution in [1.82, 2.24) is 0 Å². The number of hydrogen-bond acceptors (Lipinski definition) is 1. The summed E-state index contributed by atoms with van der Waals surface area (Å²) in [6.45, 7) is 13.8. The molecule has 0 spiro atoms. The SMILES string of the molecule is CCCC(C)C1C(C(C)(C)CC)=COC1C. The van der Waals surface area contributed by atoms with Crippen LogP contribution in [0, 0.1) is 17.3 Å². The van der Waals surface area contributed by atoms with E-state index in [4.69, 9.17) is 4.74 Å². The molecule has 16 heavy (non-hydrogen) atoms. The lowest BCUT2D eigenvalue weighted by atomic mass is 9.70. The molecule has 1 aliphatic heterocycles. The van der Waals surface area contributed by atoms with Crippen molar-refractivity contribution in [1.29, 1.82) is 0 Å². The second-order valence-corrected chi connectivity index (χ2v) is 5.94. The van der Waals surface area contributed by atoms with Gasteiger partial charge in [-0.05, 0) is 30.3 Å². The summed E-state index contributed by atoms with van der Waals surface area (Å²) in [5, 5.41) is 0. The monoisotopic (exact) mass is 224 g/mol. The molecular formula is C15H28O. The van der Waals surface area contributed by atoms with Gasteiger partial charge in [0.05, 0.1) is 6.26 Å². The van der Waals surface area contributed by atoms with E-state index < -0.39 is 0 Å². The predicted octanol–water partition coefficient (Wildman–Crippen LogP) is 4.78. The lowest BCUT2D eigenvalue weighted by Gasteiger charge is -2.33. The summed E-state index contributed by atoms with van der Waals surface area (Å²) < 4.78 is 5.77. The summed E-state index contributed by atoms with van der Waals surface area (Å²) >= 11 is 0. The van der Waals surface area contributed by atoms with Crippen LogP contribution in [-0.2, 0) is 4.74 Å². The van der Waals surface area contributed by atoms with Gasteiger partial charge in [-0.2, -0.15) is 0 Å². The Morgan fingerprint density at radius 1 is 1.38 bits per heavy atom. The van der Waals surface area contributed by atoms with Crippen molar-refractivity contribution in [2.75, 3.05) is 0 Å². The van der Waals surface area contributed by atoms with Crippen LogP contribution in [0.5, 0.6) is 0 Å². The molecule has 0 aliphatic carbocycles. The fraction of sp³-hybridized carbons (Fsp3) is 0.867. The topological polar surface area (TPSA) is 9.23 Å².